The lowest BCUT2D eigenvalue weighted by atomic mass is 9.90. The number of carbonyl (C=O) groups is 1. The number of hydrogen-bond donors (Lipinski definition) is 1. The van der Waals surface area contributed by atoms with E-state index in [2.05, 4.69) is 5.32 Å². The second kappa shape index (κ2) is 5.33. The molecule has 0 fully saturated rings. The molecule has 1 N–H and O–H groups in total. The number of hydrogen-bond acceptors (Lipinski definition) is 3. The maximum Gasteiger partial charge on any atom is 0.267 e. The summed E-state index contributed by atoms with van der Waals surface area (Å²) in [4.78, 5) is 12.1. The average Bonchev–Trinajstić information content (AvgIpc) is 2.78. The van der Waals surface area contributed by atoms with Crippen molar-refractivity contribution in [1.29, 1.82) is 0 Å². The largest absolute Gasteiger partial charge is 0.493 e. The number of halogens is 1. The summed E-state index contributed by atoms with van der Waals surface area (Å²) in [6, 6.07) is 11.9. The van der Waals surface area contributed by atoms with Crippen molar-refractivity contribution < 1.29 is 18.7 Å². The van der Waals surface area contributed by atoms with Gasteiger partial charge in [0.2, 0.25) is 5.67 Å². The van der Waals surface area contributed by atoms with Gasteiger partial charge in [-0.2, -0.15) is 0 Å². The van der Waals surface area contributed by atoms with Gasteiger partial charge in [0.25, 0.3) is 5.91 Å². The van der Waals surface area contributed by atoms with E-state index in [0.717, 1.165) is 0 Å². The minimum absolute atomic E-state index is 0.0593. The van der Waals surface area contributed by atoms with Crippen LogP contribution < -0.4 is 14.8 Å². The first-order chi connectivity index (χ1) is 10.6. The van der Waals surface area contributed by atoms with Gasteiger partial charge in [-0.05, 0) is 23.8 Å². The van der Waals surface area contributed by atoms with Crippen LogP contribution in [0.1, 0.15) is 11.1 Å². The third kappa shape index (κ3) is 2.19. The molecule has 1 amide bonds. The van der Waals surface area contributed by atoms with Crippen molar-refractivity contribution >= 4 is 11.6 Å². The third-order valence-electron chi connectivity index (χ3n) is 3.86. The normalized spacial score (nSPS) is 19.5. The van der Waals surface area contributed by atoms with E-state index in [1.54, 1.807) is 42.5 Å². The van der Waals surface area contributed by atoms with Gasteiger partial charge in [0.15, 0.2) is 11.5 Å². The van der Waals surface area contributed by atoms with Crippen molar-refractivity contribution in [2.24, 2.45) is 0 Å². The molecule has 3 rings (SSSR count). The molecule has 5 heteroatoms. The molecule has 0 saturated heterocycles. The Labute approximate surface area is 127 Å². The predicted molar refractivity (Wildman–Crippen MR) is 81.1 cm³/mol. The standard InChI is InChI=1S/C17H16FNO3/c1-21-14-8-7-11(9-15(14)22-2)10-17(18)12-5-3-4-6-13(12)19-16(17)20/h3-9H,10H2,1-2H3,(H,19,20). The van der Waals surface area contributed by atoms with Crippen LogP contribution in [-0.4, -0.2) is 20.1 Å². The van der Waals surface area contributed by atoms with Gasteiger partial charge in [-0.3, -0.25) is 4.79 Å². The summed E-state index contributed by atoms with van der Waals surface area (Å²) in [5.41, 5.74) is -0.520. The number of ether oxygens (including phenoxy) is 2. The summed E-state index contributed by atoms with van der Waals surface area (Å²) in [6.07, 6.45) is -0.0593. The van der Waals surface area contributed by atoms with E-state index in [4.69, 9.17) is 9.47 Å². The van der Waals surface area contributed by atoms with E-state index in [0.29, 0.717) is 28.3 Å². The van der Waals surface area contributed by atoms with Crippen molar-refractivity contribution in [3.63, 3.8) is 0 Å². The van der Waals surface area contributed by atoms with E-state index >= 15 is 4.39 Å². The fourth-order valence-corrected chi connectivity index (χ4v) is 2.73. The molecule has 1 aliphatic heterocycles. The zero-order valence-corrected chi connectivity index (χ0v) is 12.4. The summed E-state index contributed by atoms with van der Waals surface area (Å²) < 4.78 is 25.7. The minimum atomic E-state index is -2.07. The van der Waals surface area contributed by atoms with Gasteiger partial charge in [0, 0.05) is 17.7 Å². The average molecular weight is 301 g/mol. The number of carbonyl (C=O) groups excluding carboxylic acids is 1. The van der Waals surface area contributed by atoms with Crippen molar-refractivity contribution in [1.82, 2.24) is 0 Å². The van der Waals surface area contributed by atoms with Gasteiger partial charge in [-0.1, -0.05) is 24.3 Å². The van der Waals surface area contributed by atoms with Crippen LogP contribution in [0.2, 0.25) is 0 Å². The quantitative estimate of drug-likeness (QED) is 0.944. The zero-order chi connectivity index (χ0) is 15.7. The van der Waals surface area contributed by atoms with Crippen LogP contribution in [0.15, 0.2) is 42.5 Å². The van der Waals surface area contributed by atoms with Crippen LogP contribution in [0, 0.1) is 0 Å². The molecule has 4 nitrogen and oxygen atoms in total. The Bertz CT molecular complexity index is 732. The molecular formula is C17H16FNO3. The number of fused-ring (bicyclic) bond motifs is 1. The monoisotopic (exact) mass is 301 g/mol. The fraction of sp³-hybridized carbons (Fsp3) is 0.235. The molecule has 0 radical (unpaired) electrons. The molecule has 2 aromatic carbocycles. The van der Waals surface area contributed by atoms with E-state index in [1.807, 2.05) is 0 Å². The lowest BCUT2D eigenvalue weighted by Crippen LogP contribution is -2.31. The molecule has 1 heterocycles. The number of rotatable bonds is 4. The van der Waals surface area contributed by atoms with Crippen LogP contribution in [0.5, 0.6) is 11.5 Å². The van der Waals surface area contributed by atoms with Gasteiger partial charge in [0.1, 0.15) is 0 Å². The lowest BCUT2D eigenvalue weighted by Gasteiger charge is -2.19. The van der Waals surface area contributed by atoms with Crippen LogP contribution in [0.25, 0.3) is 0 Å². The Balaban J connectivity index is 1.97. The molecule has 1 atom stereocenters. The van der Waals surface area contributed by atoms with Gasteiger partial charge in [0.05, 0.1) is 14.2 Å². The summed E-state index contributed by atoms with van der Waals surface area (Å²) in [7, 11) is 3.05. The number of para-hydroxylation sites is 1. The van der Waals surface area contributed by atoms with Gasteiger partial charge >= 0.3 is 0 Å². The highest BCUT2D eigenvalue weighted by atomic mass is 19.1. The summed E-state index contributed by atoms with van der Waals surface area (Å²) >= 11 is 0. The maximum atomic E-state index is 15.3. The van der Waals surface area contributed by atoms with Crippen molar-refractivity contribution in [2.45, 2.75) is 12.1 Å². The highest BCUT2D eigenvalue weighted by Gasteiger charge is 2.47. The number of methoxy groups -OCH3 is 2. The molecule has 0 bridgehead atoms. The second-order valence-electron chi connectivity index (χ2n) is 5.17. The molecular weight excluding hydrogens is 285 g/mol. The predicted octanol–water partition coefficient (Wildman–Crippen LogP) is 3.06. The highest BCUT2D eigenvalue weighted by molar-refractivity contribution is 6.05. The first kappa shape index (κ1) is 14.4. The smallest absolute Gasteiger partial charge is 0.267 e. The highest BCUT2D eigenvalue weighted by Crippen LogP contribution is 2.42. The number of alkyl halides is 1. The molecule has 0 spiro atoms. The summed E-state index contributed by atoms with van der Waals surface area (Å²) in [6.45, 7) is 0. The first-order valence-electron chi connectivity index (χ1n) is 6.89. The van der Waals surface area contributed by atoms with Crippen LogP contribution in [-0.2, 0) is 16.9 Å². The van der Waals surface area contributed by atoms with Crippen LogP contribution in [0.4, 0.5) is 10.1 Å². The van der Waals surface area contributed by atoms with E-state index < -0.39 is 11.6 Å². The number of nitrogens with one attached hydrogen (secondary N) is 1. The van der Waals surface area contributed by atoms with E-state index in [9.17, 15) is 4.79 Å². The SMILES string of the molecule is COc1ccc(CC2(F)C(=O)Nc3ccccc32)cc1OC. The van der Waals surface area contributed by atoms with Crippen LogP contribution >= 0.6 is 0 Å². The number of benzene rings is 2. The molecule has 2 aromatic rings. The summed E-state index contributed by atoms with van der Waals surface area (Å²) in [5.74, 6) is 0.439. The Morgan fingerprint density at radius 2 is 1.82 bits per heavy atom. The van der Waals surface area contributed by atoms with Gasteiger partial charge in [-0.25, -0.2) is 4.39 Å². The Morgan fingerprint density at radius 3 is 2.55 bits per heavy atom. The molecule has 114 valence electrons. The molecule has 22 heavy (non-hydrogen) atoms. The molecule has 1 aliphatic rings. The zero-order valence-electron chi connectivity index (χ0n) is 12.4. The minimum Gasteiger partial charge on any atom is -0.493 e. The lowest BCUT2D eigenvalue weighted by molar-refractivity contribution is -0.126. The fourth-order valence-electron chi connectivity index (χ4n) is 2.73. The van der Waals surface area contributed by atoms with Crippen LogP contribution in [0.3, 0.4) is 0 Å². The third-order valence-corrected chi connectivity index (χ3v) is 3.86. The topological polar surface area (TPSA) is 47.6 Å². The molecule has 0 aromatic heterocycles. The Morgan fingerprint density at radius 1 is 1.09 bits per heavy atom. The van der Waals surface area contributed by atoms with Crippen molar-refractivity contribution in [3.05, 3.63) is 53.6 Å². The van der Waals surface area contributed by atoms with E-state index in [-0.39, 0.29) is 6.42 Å². The number of amides is 1. The second-order valence-corrected chi connectivity index (χ2v) is 5.17. The Kier molecular flexibility index (Phi) is 3.48. The molecule has 1 unspecified atom stereocenters. The molecule has 0 saturated carbocycles. The number of anilines is 1. The van der Waals surface area contributed by atoms with E-state index in [1.165, 1.54) is 14.2 Å². The van der Waals surface area contributed by atoms with Crippen molar-refractivity contribution in [2.75, 3.05) is 19.5 Å². The Hall–Kier alpha value is -2.56. The van der Waals surface area contributed by atoms with Crippen molar-refractivity contribution in [3.8, 4) is 11.5 Å². The van der Waals surface area contributed by atoms with Gasteiger partial charge < -0.3 is 14.8 Å². The molecule has 0 aliphatic carbocycles. The summed E-state index contributed by atoms with van der Waals surface area (Å²) in [5, 5.41) is 2.59. The maximum absolute atomic E-state index is 15.3. The van der Waals surface area contributed by atoms with Gasteiger partial charge in [-0.15, -0.1) is 0 Å². The first-order valence-corrected chi connectivity index (χ1v) is 6.89.